The van der Waals surface area contributed by atoms with Crippen molar-refractivity contribution in [1.29, 1.82) is 0 Å². The highest BCUT2D eigenvalue weighted by Crippen LogP contribution is 2.33. The van der Waals surface area contributed by atoms with Gasteiger partial charge in [0.1, 0.15) is 16.6 Å². The van der Waals surface area contributed by atoms with E-state index in [-0.39, 0.29) is 11.5 Å². The summed E-state index contributed by atoms with van der Waals surface area (Å²) in [6.45, 7) is 9.96. The maximum Gasteiger partial charge on any atom is 0.136 e. The van der Waals surface area contributed by atoms with E-state index >= 15 is 0 Å². The Labute approximate surface area is 117 Å². The number of halogens is 2. The number of aromatic nitrogens is 1. The Morgan fingerprint density at radius 3 is 2.05 bits per heavy atom. The number of hydrogen-bond donors (Lipinski definition) is 0. The zero-order chi connectivity index (χ0) is 14.6. The lowest BCUT2D eigenvalue weighted by molar-refractivity contribution is 0.589. The lowest BCUT2D eigenvalue weighted by atomic mass is 10.1. The molecule has 0 amide bonds. The van der Waals surface area contributed by atoms with Crippen LogP contribution in [0.1, 0.15) is 44.2 Å². The van der Waals surface area contributed by atoms with Crippen LogP contribution >= 0.6 is 11.3 Å². The maximum absolute atomic E-state index is 13.6. The van der Waals surface area contributed by atoms with Gasteiger partial charge in [-0.25, -0.2) is 13.8 Å². The quantitative estimate of drug-likeness (QED) is 0.704. The van der Waals surface area contributed by atoms with Crippen LogP contribution in [0.25, 0.3) is 10.6 Å². The normalized spacial score (nSPS) is 10.3. The number of thiazole rings is 1. The van der Waals surface area contributed by atoms with Crippen molar-refractivity contribution in [2.24, 2.45) is 0 Å². The monoisotopic (exact) mass is 283 g/mol. The first-order valence-corrected chi connectivity index (χ1v) is 7.24. The molecule has 1 aromatic carbocycles. The van der Waals surface area contributed by atoms with Crippen molar-refractivity contribution in [3.05, 3.63) is 40.4 Å². The fourth-order valence-electron chi connectivity index (χ4n) is 1.75. The standard InChI is InChI=1S/C13H13F2NS.C2H6/c1-7(2)12-8(3)17-13(16-12)11-9(14)5-4-6-10(11)15;1-2/h4-7H,1-3H3;1-2H3. The molecule has 0 bridgehead atoms. The van der Waals surface area contributed by atoms with E-state index in [1.807, 2.05) is 34.6 Å². The van der Waals surface area contributed by atoms with Crippen molar-refractivity contribution >= 4 is 11.3 Å². The van der Waals surface area contributed by atoms with Crippen molar-refractivity contribution in [3.63, 3.8) is 0 Å². The Kier molecular flexibility index (Phi) is 5.60. The van der Waals surface area contributed by atoms with Crippen LogP contribution in [0.2, 0.25) is 0 Å². The molecule has 1 aromatic heterocycles. The summed E-state index contributed by atoms with van der Waals surface area (Å²) in [6, 6.07) is 3.87. The van der Waals surface area contributed by atoms with E-state index in [0.717, 1.165) is 10.6 Å². The fraction of sp³-hybridized carbons (Fsp3) is 0.400. The Bertz CT molecular complexity index is 527. The summed E-state index contributed by atoms with van der Waals surface area (Å²) in [5, 5.41) is 0.418. The first kappa shape index (κ1) is 15.8. The maximum atomic E-state index is 13.6. The molecule has 0 aliphatic carbocycles. The van der Waals surface area contributed by atoms with E-state index < -0.39 is 11.6 Å². The lowest BCUT2D eigenvalue weighted by Gasteiger charge is -2.01. The highest BCUT2D eigenvalue weighted by Gasteiger charge is 2.17. The van der Waals surface area contributed by atoms with Crippen molar-refractivity contribution in [2.45, 2.75) is 40.5 Å². The van der Waals surface area contributed by atoms with Crippen LogP contribution in [0.5, 0.6) is 0 Å². The third kappa shape index (κ3) is 3.38. The summed E-state index contributed by atoms with van der Waals surface area (Å²) in [5.74, 6) is -0.863. The summed E-state index contributed by atoms with van der Waals surface area (Å²) in [6.07, 6.45) is 0. The molecule has 0 unspecified atom stereocenters. The zero-order valence-corrected chi connectivity index (χ0v) is 12.7. The third-order valence-electron chi connectivity index (χ3n) is 2.56. The molecule has 0 saturated carbocycles. The minimum absolute atomic E-state index is 0.0208. The largest absolute Gasteiger partial charge is 0.240 e. The van der Waals surface area contributed by atoms with Crippen LogP contribution < -0.4 is 0 Å². The molecule has 0 aliphatic heterocycles. The molecule has 0 fully saturated rings. The number of nitrogens with zero attached hydrogens (tertiary/aromatic N) is 1. The summed E-state index contributed by atoms with van der Waals surface area (Å²) in [7, 11) is 0. The molecule has 2 aromatic rings. The van der Waals surface area contributed by atoms with E-state index in [1.54, 1.807) is 0 Å². The second kappa shape index (κ2) is 6.75. The summed E-state index contributed by atoms with van der Waals surface area (Å²) in [5.41, 5.74) is 0.889. The molecule has 104 valence electrons. The molecule has 2 rings (SSSR count). The van der Waals surface area contributed by atoms with Crippen LogP contribution in [0.15, 0.2) is 18.2 Å². The number of hydrogen-bond acceptors (Lipinski definition) is 2. The molecule has 0 N–H and O–H groups in total. The molecular weight excluding hydrogens is 264 g/mol. The predicted molar refractivity (Wildman–Crippen MR) is 77.6 cm³/mol. The molecule has 0 atom stereocenters. The molecule has 4 heteroatoms. The highest BCUT2D eigenvalue weighted by molar-refractivity contribution is 7.15. The van der Waals surface area contributed by atoms with E-state index in [2.05, 4.69) is 4.98 Å². The van der Waals surface area contributed by atoms with Gasteiger partial charge in [0, 0.05) is 4.88 Å². The van der Waals surface area contributed by atoms with Crippen molar-refractivity contribution < 1.29 is 8.78 Å². The molecule has 0 spiro atoms. The second-order valence-corrected chi connectivity index (χ2v) is 5.41. The SMILES string of the molecule is CC.Cc1sc(-c2c(F)cccc2F)nc1C(C)C. The Balaban J connectivity index is 0.000000861. The van der Waals surface area contributed by atoms with Crippen molar-refractivity contribution in [1.82, 2.24) is 4.98 Å². The molecule has 1 heterocycles. The summed E-state index contributed by atoms with van der Waals surface area (Å²) in [4.78, 5) is 5.35. The van der Waals surface area contributed by atoms with Crippen molar-refractivity contribution in [3.8, 4) is 10.6 Å². The molecule has 19 heavy (non-hydrogen) atoms. The average Bonchev–Trinajstić information content (AvgIpc) is 2.73. The molecule has 0 radical (unpaired) electrons. The number of aryl methyl sites for hydroxylation is 1. The first-order chi connectivity index (χ1) is 9.00. The lowest BCUT2D eigenvalue weighted by Crippen LogP contribution is -1.92. The number of benzene rings is 1. The topological polar surface area (TPSA) is 12.9 Å². The highest BCUT2D eigenvalue weighted by atomic mass is 32.1. The predicted octanol–water partition coefficient (Wildman–Crippen LogP) is 5.55. The Morgan fingerprint density at radius 2 is 1.63 bits per heavy atom. The van der Waals surface area contributed by atoms with Gasteiger partial charge in [0.25, 0.3) is 0 Å². The molecular formula is C15H19F2NS. The molecule has 0 aliphatic rings. The molecule has 1 nitrogen and oxygen atoms in total. The summed E-state index contributed by atoms with van der Waals surface area (Å²) < 4.78 is 27.2. The third-order valence-corrected chi connectivity index (χ3v) is 3.56. The van der Waals surface area contributed by atoms with Gasteiger partial charge in [-0.05, 0) is 25.0 Å². The van der Waals surface area contributed by atoms with E-state index in [1.165, 1.54) is 29.5 Å². The molecule has 0 saturated heterocycles. The average molecular weight is 283 g/mol. The van der Waals surface area contributed by atoms with Gasteiger partial charge in [-0.1, -0.05) is 33.8 Å². The van der Waals surface area contributed by atoms with Gasteiger partial charge >= 0.3 is 0 Å². The van der Waals surface area contributed by atoms with E-state index in [0.29, 0.717) is 5.01 Å². The number of rotatable bonds is 2. The van der Waals surface area contributed by atoms with Gasteiger partial charge in [0.05, 0.1) is 11.3 Å². The first-order valence-electron chi connectivity index (χ1n) is 6.42. The van der Waals surface area contributed by atoms with Crippen LogP contribution in [0.4, 0.5) is 8.78 Å². The Hall–Kier alpha value is -1.29. The fourth-order valence-corrected chi connectivity index (χ4v) is 2.87. The second-order valence-electron chi connectivity index (χ2n) is 4.21. The Morgan fingerprint density at radius 1 is 1.11 bits per heavy atom. The van der Waals surface area contributed by atoms with Gasteiger partial charge in [0.15, 0.2) is 0 Å². The van der Waals surface area contributed by atoms with E-state index in [4.69, 9.17) is 0 Å². The van der Waals surface area contributed by atoms with Gasteiger partial charge in [-0.3, -0.25) is 0 Å². The van der Waals surface area contributed by atoms with Gasteiger partial charge in [-0.2, -0.15) is 0 Å². The zero-order valence-electron chi connectivity index (χ0n) is 11.9. The van der Waals surface area contributed by atoms with E-state index in [9.17, 15) is 8.78 Å². The van der Waals surface area contributed by atoms with Gasteiger partial charge in [0.2, 0.25) is 0 Å². The minimum atomic E-state index is -0.561. The van der Waals surface area contributed by atoms with Crippen LogP contribution in [0.3, 0.4) is 0 Å². The van der Waals surface area contributed by atoms with Gasteiger partial charge in [-0.15, -0.1) is 11.3 Å². The van der Waals surface area contributed by atoms with Crippen molar-refractivity contribution in [2.75, 3.05) is 0 Å². The van der Waals surface area contributed by atoms with Crippen LogP contribution in [-0.4, -0.2) is 4.98 Å². The summed E-state index contributed by atoms with van der Waals surface area (Å²) >= 11 is 1.33. The van der Waals surface area contributed by atoms with Gasteiger partial charge < -0.3 is 0 Å². The van der Waals surface area contributed by atoms with Crippen LogP contribution in [-0.2, 0) is 0 Å². The minimum Gasteiger partial charge on any atom is -0.240 e. The smallest absolute Gasteiger partial charge is 0.136 e. The van der Waals surface area contributed by atoms with Crippen LogP contribution in [0, 0.1) is 18.6 Å².